The van der Waals surface area contributed by atoms with E-state index in [1.165, 1.54) is 5.56 Å². The van der Waals surface area contributed by atoms with Crippen molar-refractivity contribution in [2.45, 2.75) is 76.2 Å². The number of anilines is 1. The maximum atomic E-state index is 13.6. The van der Waals surface area contributed by atoms with Crippen LogP contribution in [0.2, 0.25) is 0 Å². The Labute approximate surface area is 312 Å². The summed E-state index contributed by atoms with van der Waals surface area (Å²) in [5.74, 6) is 0.226. The maximum absolute atomic E-state index is 13.6. The van der Waals surface area contributed by atoms with Gasteiger partial charge in [0.2, 0.25) is 17.7 Å². The average Bonchev–Trinajstić information content (AvgIpc) is 3.78. The predicted molar refractivity (Wildman–Crippen MR) is 200 cm³/mol. The molecule has 3 saturated heterocycles. The van der Waals surface area contributed by atoms with Gasteiger partial charge in [-0.15, -0.1) is 0 Å². The minimum Gasteiger partial charge on any atom is -0.490 e. The van der Waals surface area contributed by atoms with E-state index < -0.39 is 0 Å². The smallest absolute Gasteiger partial charge is 0.261 e. The molecule has 7 heterocycles. The number of hydrogen-bond donors (Lipinski definition) is 2. The highest BCUT2D eigenvalue weighted by Crippen LogP contribution is 2.33. The zero-order valence-corrected chi connectivity index (χ0v) is 30.6. The Morgan fingerprint density at radius 2 is 1.70 bits per heavy atom. The highest BCUT2D eigenvalue weighted by molar-refractivity contribution is 6.07. The summed E-state index contributed by atoms with van der Waals surface area (Å²) >= 11 is 0. The van der Waals surface area contributed by atoms with Crippen LogP contribution in [0.15, 0.2) is 67.4 Å². The van der Waals surface area contributed by atoms with Gasteiger partial charge in [0.25, 0.3) is 5.91 Å². The van der Waals surface area contributed by atoms with Gasteiger partial charge in [0.15, 0.2) is 5.65 Å². The molecule has 1 atom stereocenters. The molecule has 4 amide bonds. The van der Waals surface area contributed by atoms with Crippen LogP contribution in [0.1, 0.15) is 97.3 Å². The maximum Gasteiger partial charge on any atom is 0.261 e. The summed E-state index contributed by atoms with van der Waals surface area (Å²) in [5.41, 5.74) is 5.29. The summed E-state index contributed by atoms with van der Waals surface area (Å²) in [7, 11) is 0. The number of nitrogens with zero attached hydrogens (tertiary/aromatic N) is 7. The first-order chi connectivity index (χ1) is 26.2. The number of benzene rings is 1. The largest absolute Gasteiger partial charge is 0.490 e. The molecule has 54 heavy (non-hydrogen) atoms. The highest BCUT2D eigenvalue weighted by atomic mass is 16.5. The molecule has 14 nitrogen and oxygen atoms in total. The predicted octanol–water partition coefficient (Wildman–Crippen LogP) is 4.52. The average molecular weight is 732 g/mol. The number of aromatic nitrogens is 5. The number of carbonyl (C=O) groups excluding carboxylic acids is 4. The summed E-state index contributed by atoms with van der Waals surface area (Å²) in [6, 6.07) is 11.8. The molecule has 14 heteroatoms. The molecular formula is C40H45N9O5. The second-order valence-corrected chi connectivity index (χ2v) is 14.9. The minimum atomic E-state index is -0.328. The van der Waals surface area contributed by atoms with Crippen molar-refractivity contribution in [3.8, 4) is 5.75 Å². The summed E-state index contributed by atoms with van der Waals surface area (Å²) in [6.45, 7) is 7.34. The lowest BCUT2D eigenvalue weighted by Gasteiger charge is -2.35. The van der Waals surface area contributed by atoms with Gasteiger partial charge in [0.05, 0.1) is 36.0 Å². The van der Waals surface area contributed by atoms with E-state index in [1.54, 1.807) is 35.4 Å². The van der Waals surface area contributed by atoms with Gasteiger partial charge in [0.1, 0.15) is 17.1 Å². The lowest BCUT2D eigenvalue weighted by atomic mass is 9.86. The fraction of sp³-hybridized carbons (Fsp3) is 0.425. The molecule has 0 saturated carbocycles. The number of hydrogen-bond acceptors (Lipinski definition) is 9. The quantitative estimate of drug-likeness (QED) is 0.208. The van der Waals surface area contributed by atoms with Gasteiger partial charge < -0.3 is 19.4 Å². The van der Waals surface area contributed by atoms with Gasteiger partial charge in [0, 0.05) is 56.3 Å². The molecule has 3 aliphatic rings. The molecule has 2 N–H and O–H groups in total. The van der Waals surface area contributed by atoms with Gasteiger partial charge in [-0.3, -0.25) is 29.4 Å². The third kappa shape index (κ3) is 7.43. The van der Waals surface area contributed by atoms with Crippen molar-refractivity contribution in [3.63, 3.8) is 0 Å². The summed E-state index contributed by atoms with van der Waals surface area (Å²) in [6.07, 6.45) is 13.1. The first kappa shape index (κ1) is 35.4. The third-order valence-electron chi connectivity index (χ3n) is 11.0. The van der Waals surface area contributed by atoms with Gasteiger partial charge >= 0.3 is 0 Å². The number of likely N-dealkylation sites (tertiary alicyclic amines) is 2. The van der Waals surface area contributed by atoms with Crippen LogP contribution in [0.5, 0.6) is 5.75 Å². The van der Waals surface area contributed by atoms with Crippen molar-refractivity contribution in [1.29, 1.82) is 0 Å². The summed E-state index contributed by atoms with van der Waals surface area (Å²) < 4.78 is 9.57. The van der Waals surface area contributed by atoms with E-state index in [0.29, 0.717) is 53.6 Å². The van der Waals surface area contributed by atoms with Crippen molar-refractivity contribution >= 4 is 40.6 Å². The first-order valence-electron chi connectivity index (χ1n) is 18.9. The van der Waals surface area contributed by atoms with E-state index in [1.807, 2.05) is 47.5 Å². The number of ether oxygens (including phenoxy) is 1. The van der Waals surface area contributed by atoms with Crippen molar-refractivity contribution < 1.29 is 23.9 Å². The van der Waals surface area contributed by atoms with E-state index in [4.69, 9.17) is 9.72 Å². The minimum absolute atomic E-state index is 0.142. The number of piperidine rings is 3. The zero-order chi connectivity index (χ0) is 37.3. The number of imide groups is 1. The number of carbonyl (C=O) groups is 4. The van der Waals surface area contributed by atoms with E-state index >= 15 is 0 Å². The number of rotatable bonds is 9. The molecule has 1 aromatic carbocycles. The Kier molecular flexibility index (Phi) is 9.84. The molecule has 0 spiro atoms. The number of fused-ring (bicyclic) bond motifs is 2. The van der Waals surface area contributed by atoms with Gasteiger partial charge in [-0.2, -0.15) is 5.10 Å². The van der Waals surface area contributed by atoms with Crippen molar-refractivity contribution in [3.05, 3.63) is 89.8 Å². The van der Waals surface area contributed by atoms with E-state index in [0.717, 1.165) is 63.1 Å². The lowest BCUT2D eigenvalue weighted by Crippen LogP contribution is -2.45. The molecule has 1 unspecified atom stereocenters. The monoisotopic (exact) mass is 731 g/mol. The molecule has 3 fully saturated rings. The Morgan fingerprint density at radius 1 is 0.963 bits per heavy atom. The first-order valence-corrected chi connectivity index (χ1v) is 18.9. The lowest BCUT2D eigenvalue weighted by molar-refractivity contribution is -0.135. The van der Waals surface area contributed by atoms with Crippen molar-refractivity contribution in [2.24, 2.45) is 0 Å². The Bertz CT molecular complexity index is 2190. The fourth-order valence-electron chi connectivity index (χ4n) is 8.01. The molecule has 0 aliphatic carbocycles. The number of nitrogens with one attached hydrogen (secondary N) is 2. The molecule has 0 radical (unpaired) electrons. The Balaban J connectivity index is 0.848. The normalized spacial score (nSPS) is 19.1. The van der Waals surface area contributed by atoms with Gasteiger partial charge in [-0.25, -0.2) is 14.5 Å². The number of imidazole rings is 1. The van der Waals surface area contributed by atoms with Crippen LogP contribution in [-0.2, 0) is 14.4 Å². The van der Waals surface area contributed by atoms with Gasteiger partial charge in [-0.05, 0) is 82.2 Å². The van der Waals surface area contributed by atoms with Crippen molar-refractivity contribution in [1.82, 2.24) is 39.1 Å². The molecule has 280 valence electrons. The molecule has 0 bridgehead atoms. The van der Waals surface area contributed by atoms with Crippen LogP contribution < -0.4 is 15.4 Å². The van der Waals surface area contributed by atoms with E-state index in [-0.39, 0.29) is 41.6 Å². The van der Waals surface area contributed by atoms with Crippen LogP contribution in [0, 0.1) is 0 Å². The SMILES string of the molecule is CC(C)Oc1cc2nc(C3CCN(CC(=O)N4CCC(c5ccc(C6CCC(=O)NC6=O)cc5)CC4)CC3)cn2cc1C(=O)Nc1cnn2cccnc12. The van der Waals surface area contributed by atoms with Crippen LogP contribution in [-0.4, -0.2) is 96.2 Å². The second kappa shape index (κ2) is 15.0. The topological polar surface area (TPSA) is 156 Å². The summed E-state index contributed by atoms with van der Waals surface area (Å²) in [4.78, 5) is 64.3. The van der Waals surface area contributed by atoms with Crippen LogP contribution in [0.4, 0.5) is 5.69 Å². The molecule has 8 rings (SSSR count). The fourth-order valence-corrected chi connectivity index (χ4v) is 8.01. The summed E-state index contributed by atoms with van der Waals surface area (Å²) in [5, 5.41) is 9.66. The van der Waals surface area contributed by atoms with Crippen LogP contribution >= 0.6 is 0 Å². The van der Waals surface area contributed by atoms with Crippen molar-refractivity contribution in [2.75, 3.05) is 38.0 Å². The molecule has 3 aliphatic heterocycles. The molecular weight excluding hydrogens is 686 g/mol. The number of pyridine rings is 1. The molecule has 5 aromatic rings. The zero-order valence-electron chi connectivity index (χ0n) is 30.6. The highest BCUT2D eigenvalue weighted by Gasteiger charge is 2.30. The Hall–Kier alpha value is -5.63. The van der Waals surface area contributed by atoms with Crippen LogP contribution in [0.25, 0.3) is 11.3 Å². The third-order valence-corrected chi connectivity index (χ3v) is 11.0. The van der Waals surface area contributed by atoms with Crippen LogP contribution in [0.3, 0.4) is 0 Å². The second-order valence-electron chi connectivity index (χ2n) is 14.9. The number of amides is 4. The van der Waals surface area contributed by atoms with Gasteiger partial charge in [-0.1, -0.05) is 24.3 Å². The van der Waals surface area contributed by atoms with E-state index in [2.05, 4.69) is 37.7 Å². The standard InChI is InChI=1S/C40H45N9O5/c1-25(2)54-34-20-35-43-33(23-48(35)22-31(34)40(53)44-32-21-42-49-15-3-14-41-38(32)49)29-10-16-46(17-11-29)24-37(51)47-18-12-27(13-19-47)26-4-6-28(7-5-26)30-8-9-36(50)45-39(30)52/h3-7,14-15,20-23,25,27,29-30H,8-13,16-19,24H2,1-2H3,(H,44,53)(H,45,50,52). The van der Waals surface area contributed by atoms with E-state index in [9.17, 15) is 19.2 Å². The molecule has 4 aromatic heterocycles. The Morgan fingerprint density at radius 3 is 2.44 bits per heavy atom.